The summed E-state index contributed by atoms with van der Waals surface area (Å²) in [5.74, 6) is 1.02. The second kappa shape index (κ2) is 13.6. The Hall–Kier alpha value is -4.35. The molecule has 2 fully saturated rings. The molecule has 3 aromatic rings. The number of aromatic nitrogens is 2. The zero-order chi connectivity index (χ0) is 34.2. The van der Waals surface area contributed by atoms with E-state index in [-0.39, 0.29) is 35.4 Å². The van der Waals surface area contributed by atoms with Crippen molar-refractivity contribution in [2.75, 3.05) is 62.2 Å². The number of aryl methyl sites for hydroxylation is 1. The van der Waals surface area contributed by atoms with Crippen LogP contribution in [0.1, 0.15) is 60.4 Å². The number of guanidine groups is 1. The van der Waals surface area contributed by atoms with Crippen LogP contribution in [0.3, 0.4) is 0 Å². The molecule has 0 spiro atoms. The molecular formula is C37H49N9O2. The maximum absolute atomic E-state index is 14.3. The van der Waals surface area contributed by atoms with Crippen LogP contribution >= 0.6 is 0 Å². The molecule has 3 aliphatic rings. The van der Waals surface area contributed by atoms with Gasteiger partial charge >= 0.3 is 0 Å². The predicted molar refractivity (Wildman–Crippen MR) is 190 cm³/mol. The Morgan fingerprint density at radius 2 is 1.75 bits per heavy atom. The minimum absolute atomic E-state index is 0.0197. The third-order valence-corrected chi connectivity index (χ3v) is 10.3. The lowest BCUT2D eigenvalue weighted by Gasteiger charge is -2.49. The number of hydrogen-bond acceptors (Lipinski definition) is 8. The lowest BCUT2D eigenvalue weighted by molar-refractivity contribution is -0.121. The Bertz CT molecular complexity index is 1640. The monoisotopic (exact) mass is 651 g/mol. The van der Waals surface area contributed by atoms with E-state index in [4.69, 9.17) is 16.1 Å². The smallest absolute Gasteiger partial charge is 0.241 e. The van der Waals surface area contributed by atoms with Crippen LogP contribution in [0.25, 0.3) is 0 Å². The van der Waals surface area contributed by atoms with Gasteiger partial charge in [-0.05, 0) is 56.5 Å². The van der Waals surface area contributed by atoms with Crippen molar-refractivity contribution < 1.29 is 9.59 Å². The van der Waals surface area contributed by atoms with E-state index < -0.39 is 0 Å². The lowest BCUT2D eigenvalue weighted by Crippen LogP contribution is -2.65. The summed E-state index contributed by atoms with van der Waals surface area (Å²) < 4.78 is 0. The number of nitrogens with two attached hydrogens (primary N) is 1. The first-order chi connectivity index (χ1) is 22.9. The van der Waals surface area contributed by atoms with Crippen LogP contribution < -0.4 is 15.5 Å². The quantitative estimate of drug-likeness (QED) is 0.214. The Balaban J connectivity index is 1.17. The Labute approximate surface area is 284 Å². The number of benzene rings is 1. The van der Waals surface area contributed by atoms with Crippen LogP contribution in [-0.4, -0.2) is 113 Å². The van der Waals surface area contributed by atoms with Gasteiger partial charge in [0.2, 0.25) is 5.91 Å². The third-order valence-electron chi connectivity index (χ3n) is 10.3. The molecular weight excluding hydrogens is 602 g/mol. The van der Waals surface area contributed by atoms with Crippen LogP contribution in [-0.2, 0) is 16.6 Å². The molecule has 3 atom stereocenters. The number of rotatable bonds is 8. The predicted octanol–water partition coefficient (Wildman–Crippen LogP) is 3.29. The van der Waals surface area contributed by atoms with E-state index in [1.54, 1.807) is 6.20 Å². The van der Waals surface area contributed by atoms with Gasteiger partial charge in [-0.25, -0.2) is 4.98 Å². The summed E-state index contributed by atoms with van der Waals surface area (Å²) in [7, 11) is 0. The van der Waals surface area contributed by atoms with Gasteiger partial charge < -0.3 is 20.4 Å². The Morgan fingerprint density at radius 3 is 2.42 bits per heavy atom. The molecule has 0 saturated carbocycles. The summed E-state index contributed by atoms with van der Waals surface area (Å²) in [4.78, 5) is 45.7. The summed E-state index contributed by atoms with van der Waals surface area (Å²) in [6.07, 6.45) is 5.16. The first-order valence-corrected chi connectivity index (χ1v) is 17.0. The molecule has 2 saturated heterocycles. The normalized spacial score (nSPS) is 22.9. The molecule has 11 nitrogen and oxygen atoms in total. The first kappa shape index (κ1) is 33.5. The van der Waals surface area contributed by atoms with Crippen molar-refractivity contribution in [3.8, 4) is 0 Å². The summed E-state index contributed by atoms with van der Waals surface area (Å²) >= 11 is 0. The molecule has 0 unspecified atom stereocenters. The molecule has 6 rings (SSSR count). The summed E-state index contributed by atoms with van der Waals surface area (Å²) in [5.41, 5.74) is 11.8. The number of piperazine rings is 2. The van der Waals surface area contributed by atoms with Crippen molar-refractivity contribution in [1.29, 1.82) is 5.41 Å². The second-order valence-corrected chi connectivity index (χ2v) is 14.6. The highest BCUT2D eigenvalue weighted by Gasteiger charge is 2.42. The number of nitrogens with one attached hydrogen (secondary N) is 1. The fraction of sp³-hybridized carbons (Fsp3) is 0.486. The zero-order valence-electron chi connectivity index (χ0n) is 28.9. The number of carbonyl (C=O) groups is 2. The number of aldehydes is 1. The number of hydrogen-bond donors (Lipinski definition) is 2. The largest absolute Gasteiger partial charge is 0.370 e. The van der Waals surface area contributed by atoms with Crippen molar-refractivity contribution >= 4 is 29.7 Å². The molecule has 1 aromatic carbocycles. The molecule has 5 heterocycles. The molecule has 254 valence electrons. The van der Waals surface area contributed by atoms with Gasteiger partial charge in [0.25, 0.3) is 0 Å². The van der Waals surface area contributed by atoms with Crippen LogP contribution in [0.2, 0.25) is 0 Å². The van der Waals surface area contributed by atoms with Crippen molar-refractivity contribution in [3.05, 3.63) is 82.8 Å². The molecule has 48 heavy (non-hydrogen) atoms. The van der Waals surface area contributed by atoms with E-state index in [1.165, 1.54) is 11.1 Å². The number of anilines is 2. The molecule has 11 heteroatoms. The average molecular weight is 652 g/mol. The van der Waals surface area contributed by atoms with E-state index in [1.807, 2.05) is 28.1 Å². The van der Waals surface area contributed by atoms with E-state index in [9.17, 15) is 9.59 Å². The van der Waals surface area contributed by atoms with Gasteiger partial charge in [0.1, 0.15) is 5.82 Å². The molecule has 0 bridgehead atoms. The zero-order valence-corrected chi connectivity index (χ0v) is 28.9. The standard InChI is InChI=1S/C37H49N9O2/c1-25-6-8-28(9-7-25)14-30-15-32-35(41-17-30)37(4,5)24-46(32)34(48)22-44-19-27(3)45(36(38)39)21-31(44)20-42-12-13-43(18-26(42)2)33-11-10-29(23-47)16-40-33/h6-11,15-17,23,26-27,31H,12-14,18-22,24H2,1-5H3,(H3,38,39)/t26-,27-,31+/m1/s1. The van der Waals surface area contributed by atoms with E-state index in [2.05, 4.69) is 84.6 Å². The van der Waals surface area contributed by atoms with Crippen molar-refractivity contribution in [2.24, 2.45) is 5.73 Å². The summed E-state index contributed by atoms with van der Waals surface area (Å²) in [6, 6.07) is 14.7. The van der Waals surface area contributed by atoms with Gasteiger partial charge in [-0.15, -0.1) is 0 Å². The Morgan fingerprint density at radius 1 is 0.979 bits per heavy atom. The third kappa shape index (κ3) is 7.07. The van der Waals surface area contributed by atoms with Crippen LogP contribution in [0, 0.1) is 12.3 Å². The minimum atomic E-state index is -0.245. The number of fused-ring (bicyclic) bond motifs is 1. The number of carbonyl (C=O) groups excluding carboxylic acids is 2. The SMILES string of the molecule is Cc1ccc(Cc2cnc3c(c2)N(C(=O)CN2C[C@@H](C)N(C(=N)N)C[C@@H]2CN2CCN(c4ccc(C=O)cn4)C[C@H]2C)CC3(C)C)cc1. The number of amides is 1. The minimum Gasteiger partial charge on any atom is -0.370 e. The molecule has 2 aromatic heterocycles. The van der Waals surface area contributed by atoms with Gasteiger partial charge in [-0.3, -0.25) is 29.8 Å². The van der Waals surface area contributed by atoms with Crippen molar-refractivity contribution in [2.45, 2.75) is 64.6 Å². The number of nitrogens with zero attached hydrogens (tertiary/aromatic N) is 7. The highest BCUT2D eigenvalue weighted by atomic mass is 16.2. The van der Waals surface area contributed by atoms with Crippen molar-refractivity contribution in [3.63, 3.8) is 0 Å². The average Bonchev–Trinajstić information content (AvgIpc) is 3.33. The van der Waals surface area contributed by atoms with Gasteiger partial charge in [0.05, 0.1) is 17.9 Å². The van der Waals surface area contributed by atoms with Crippen molar-refractivity contribution in [1.82, 2.24) is 24.7 Å². The molecule has 0 radical (unpaired) electrons. The maximum atomic E-state index is 14.3. The number of pyridine rings is 2. The van der Waals surface area contributed by atoms with Crippen LogP contribution in [0.15, 0.2) is 54.9 Å². The maximum Gasteiger partial charge on any atom is 0.241 e. The van der Waals surface area contributed by atoms with Gasteiger partial charge in [0.15, 0.2) is 12.2 Å². The highest BCUT2D eigenvalue weighted by molar-refractivity contribution is 5.97. The lowest BCUT2D eigenvalue weighted by atomic mass is 9.91. The van der Waals surface area contributed by atoms with E-state index in [0.29, 0.717) is 31.7 Å². The molecule has 3 aliphatic heterocycles. The van der Waals surface area contributed by atoms with Crippen LogP contribution in [0.4, 0.5) is 11.5 Å². The van der Waals surface area contributed by atoms with E-state index >= 15 is 0 Å². The fourth-order valence-electron chi connectivity index (χ4n) is 7.51. The van der Waals surface area contributed by atoms with Gasteiger partial charge in [-0.1, -0.05) is 43.7 Å². The molecule has 1 amide bonds. The highest BCUT2D eigenvalue weighted by Crippen LogP contribution is 2.40. The Kier molecular flexibility index (Phi) is 9.53. The second-order valence-electron chi connectivity index (χ2n) is 14.6. The fourth-order valence-corrected chi connectivity index (χ4v) is 7.51. The topological polar surface area (TPSA) is 126 Å². The first-order valence-electron chi connectivity index (χ1n) is 17.0. The van der Waals surface area contributed by atoms with E-state index in [0.717, 1.165) is 61.6 Å². The summed E-state index contributed by atoms with van der Waals surface area (Å²) in [6.45, 7) is 16.1. The molecule has 0 aliphatic carbocycles. The van der Waals surface area contributed by atoms with Gasteiger partial charge in [0, 0.05) is 87.3 Å². The van der Waals surface area contributed by atoms with Crippen LogP contribution in [0.5, 0.6) is 0 Å². The van der Waals surface area contributed by atoms with Gasteiger partial charge in [-0.2, -0.15) is 0 Å². The summed E-state index contributed by atoms with van der Waals surface area (Å²) in [5, 5.41) is 8.25. The molecule has 3 N–H and O–H groups in total.